The van der Waals surface area contributed by atoms with E-state index in [0.717, 1.165) is 55.6 Å². The summed E-state index contributed by atoms with van der Waals surface area (Å²) < 4.78 is 17.3. The van der Waals surface area contributed by atoms with Crippen molar-refractivity contribution in [1.29, 1.82) is 0 Å². The van der Waals surface area contributed by atoms with Crippen LogP contribution < -0.4 is 14.2 Å². The molecule has 0 bridgehead atoms. The first kappa shape index (κ1) is 29.2. The molecular weight excluding hydrogens is 488 g/mol. The molecular formula is C34H46O5. The van der Waals surface area contributed by atoms with Gasteiger partial charge >= 0.3 is 11.9 Å². The van der Waals surface area contributed by atoms with Gasteiger partial charge in [0.2, 0.25) is 0 Å². The van der Waals surface area contributed by atoms with E-state index in [2.05, 4.69) is 34.6 Å². The van der Waals surface area contributed by atoms with E-state index in [0.29, 0.717) is 23.0 Å². The monoisotopic (exact) mass is 534 g/mol. The van der Waals surface area contributed by atoms with Crippen LogP contribution >= 0.6 is 0 Å². The summed E-state index contributed by atoms with van der Waals surface area (Å²) in [5.74, 6) is 4.02. The van der Waals surface area contributed by atoms with Crippen LogP contribution in [0, 0.1) is 29.6 Å². The number of esters is 2. The molecule has 2 saturated carbocycles. The average Bonchev–Trinajstić information content (AvgIpc) is 2.89. The van der Waals surface area contributed by atoms with Gasteiger partial charge in [-0.25, -0.2) is 4.79 Å². The summed E-state index contributed by atoms with van der Waals surface area (Å²) in [6, 6.07) is 13.7. The molecule has 0 heterocycles. The van der Waals surface area contributed by atoms with Crippen LogP contribution in [0.3, 0.4) is 0 Å². The number of hydrogen-bond acceptors (Lipinski definition) is 5. The quantitative estimate of drug-likeness (QED) is 0.238. The number of ether oxygens (including phenoxy) is 3. The molecule has 2 aromatic carbocycles. The Kier molecular flexibility index (Phi) is 9.74. The summed E-state index contributed by atoms with van der Waals surface area (Å²) in [4.78, 5) is 25.4. The number of benzene rings is 2. The van der Waals surface area contributed by atoms with Crippen molar-refractivity contribution >= 4 is 11.9 Å². The molecule has 39 heavy (non-hydrogen) atoms. The molecule has 0 spiro atoms. The Labute approximate surface area is 234 Å². The van der Waals surface area contributed by atoms with E-state index in [4.69, 9.17) is 14.2 Å². The van der Waals surface area contributed by atoms with E-state index >= 15 is 0 Å². The number of rotatable bonds is 9. The molecule has 2 aliphatic carbocycles. The normalized spacial score (nSPS) is 23.7. The first-order valence-electron chi connectivity index (χ1n) is 14.9. The van der Waals surface area contributed by atoms with Crippen LogP contribution in [0.25, 0.3) is 0 Å². The Morgan fingerprint density at radius 3 is 1.77 bits per heavy atom. The maximum absolute atomic E-state index is 12.8. The SMILES string of the molecule is CC(C)CC(C)(C)Oc1ccc(C(=O)Oc2ccc(OC(=O)C3CCC(C4CCC(C)CC4)CC3)cc2)cc1. The highest BCUT2D eigenvalue weighted by atomic mass is 16.5. The molecule has 4 rings (SSSR count). The maximum atomic E-state index is 12.8. The highest BCUT2D eigenvalue weighted by Crippen LogP contribution is 2.41. The van der Waals surface area contributed by atoms with Gasteiger partial charge in [0.05, 0.1) is 11.5 Å². The summed E-state index contributed by atoms with van der Waals surface area (Å²) >= 11 is 0. The van der Waals surface area contributed by atoms with Crippen LogP contribution in [0.1, 0.15) is 103 Å². The van der Waals surface area contributed by atoms with Gasteiger partial charge in [0.15, 0.2) is 0 Å². The lowest BCUT2D eigenvalue weighted by Gasteiger charge is -2.36. The minimum atomic E-state index is -0.447. The van der Waals surface area contributed by atoms with E-state index in [1.165, 1.54) is 25.7 Å². The Morgan fingerprint density at radius 2 is 1.23 bits per heavy atom. The molecule has 0 aliphatic heterocycles. The molecule has 2 aliphatic rings. The second kappa shape index (κ2) is 13.0. The highest BCUT2D eigenvalue weighted by molar-refractivity contribution is 5.91. The minimum Gasteiger partial charge on any atom is -0.488 e. The average molecular weight is 535 g/mol. The molecule has 0 radical (unpaired) electrons. The highest BCUT2D eigenvalue weighted by Gasteiger charge is 2.33. The van der Waals surface area contributed by atoms with Gasteiger partial charge in [-0.15, -0.1) is 0 Å². The van der Waals surface area contributed by atoms with Gasteiger partial charge in [0.25, 0.3) is 0 Å². The van der Waals surface area contributed by atoms with E-state index in [-0.39, 0.29) is 17.5 Å². The standard InChI is InChI=1S/C34H46O5/c1-23(2)22-34(4,5)39-31-16-14-28(15-17-31)33(36)38-30-20-18-29(19-21-30)37-32(35)27-12-10-26(11-13-27)25-8-6-24(3)7-9-25/h14-21,23-27H,6-13,22H2,1-5H3. The van der Waals surface area contributed by atoms with Gasteiger partial charge in [-0.1, -0.05) is 33.6 Å². The van der Waals surface area contributed by atoms with Crippen LogP contribution in [0.15, 0.2) is 48.5 Å². The first-order chi connectivity index (χ1) is 18.6. The molecule has 0 amide bonds. The predicted octanol–water partition coefficient (Wildman–Crippen LogP) is 8.65. The lowest BCUT2D eigenvalue weighted by molar-refractivity contribution is -0.140. The molecule has 5 heteroatoms. The first-order valence-corrected chi connectivity index (χ1v) is 14.9. The molecule has 0 N–H and O–H groups in total. The summed E-state index contributed by atoms with van der Waals surface area (Å²) in [6.07, 6.45) is 10.5. The third-order valence-corrected chi connectivity index (χ3v) is 8.47. The number of carbonyl (C=O) groups excluding carboxylic acids is 2. The Morgan fingerprint density at radius 1 is 0.744 bits per heavy atom. The van der Waals surface area contributed by atoms with Crippen LogP contribution in [-0.4, -0.2) is 17.5 Å². The summed E-state index contributed by atoms with van der Waals surface area (Å²) in [5, 5.41) is 0. The van der Waals surface area contributed by atoms with E-state index in [9.17, 15) is 9.59 Å². The zero-order chi connectivity index (χ0) is 28.0. The number of carbonyl (C=O) groups is 2. The fourth-order valence-corrected chi connectivity index (χ4v) is 6.53. The molecule has 2 aromatic rings. The molecule has 0 saturated heterocycles. The van der Waals surface area contributed by atoms with Crippen LogP contribution in [0.2, 0.25) is 0 Å². The van der Waals surface area contributed by atoms with Crippen molar-refractivity contribution in [3.8, 4) is 17.2 Å². The molecule has 0 atom stereocenters. The van der Waals surface area contributed by atoms with Crippen LogP contribution in [0.4, 0.5) is 0 Å². The lowest BCUT2D eigenvalue weighted by atomic mass is 9.69. The molecule has 0 unspecified atom stereocenters. The van der Waals surface area contributed by atoms with Gasteiger partial charge in [-0.05, 0) is 131 Å². The summed E-state index contributed by atoms with van der Waals surface area (Å²) in [6.45, 7) is 10.8. The zero-order valence-electron chi connectivity index (χ0n) is 24.4. The molecule has 2 fully saturated rings. The predicted molar refractivity (Wildman–Crippen MR) is 154 cm³/mol. The topological polar surface area (TPSA) is 61.8 Å². The summed E-state index contributed by atoms with van der Waals surface area (Å²) in [5.41, 5.74) is 0.159. The van der Waals surface area contributed by atoms with E-state index in [1.54, 1.807) is 48.5 Å². The fourth-order valence-electron chi connectivity index (χ4n) is 6.53. The van der Waals surface area contributed by atoms with Gasteiger partial charge < -0.3 is 14.2 Å². The fraction of sp³-hybridized carbons (Fsp3) is 0.588. The van der Waals surface area contributed by atoms with Crippen LogP contribution in [0.5, 0.6) is 17.2 Å². The Bertz CT molecular complexity index is 1070. The van der Waals surface area contributed by atoms with Crippen LogP contribution in [-0.2, 0) is 4.79 Å². The Balaban J connectivity index is 1.23. The molecule has 5 nitrogen and oxygen atoms in total. The van der Waals surface area contributed by atoms with Gasteiger partial charge in [-0.3, -0.25) is 4.79 Å². The van der Waals surface area contributed by atoms with Gasteiger partial charge in [0, 0.05) is 0 Å². The Hall–Kier alpha value is -2.82. The van der Waals surface area contributed by atoms with Crippen molar-refractivity contribution < 1.29 is 23.8 Å². The van der Waals surface area contributed by atoms with Crippen molar-refractivity contribution in [1.82, 2.24) is 0 Å². The lowest BCUT2D eigenvalue weighted by Crippen LogP contribution is -2.30. The van der Waals surface area contributed by atoms with Crippen molar-refractivity contribution in [3.05, 3.63) is 54.1 Å². The maximum Gasteiger partial charge on any atom is 0.343 e. The second-order valence-electron chi connectivity index (χ2n) is 12.9. The minimum absolute atomic E-state index is 0.0239. The smallest absolute Gasteiger partial charge is 0.343 e. The summed E-state index contributed by atoms with van der Waals surface area (Å²) in [7, 11) is 0. The molecule has 0 aromatic heterocycles. The van der Waals surface area contributed by atoms with Crippen molar-refractivity contribution in [2.75, 3.05) is 0 Å². The van der Waals surface area contributed by atoms with Crippen molar-refractivity contribution in [2.45, 2.75) is 98.0 Å². The molecule has 212 valence electrons. The third kappa shape index (κ3) is 8.58. The third-order valence-electron chi connectivity index (χ3n) is 8.47. The zero-order valence-corrected chi connectivity index (χ0v) is 24.4. The van der Waals surface area contributed by atoms with Gasteiger partial charge in [-0.2, -0.15) is 0 Å². The van der Waals surface area contributed by atoms with Gasteiger partial charge in [0.1, 0.15) is 22.8 Å². The number of hydrogen-bond donors (Lipinski definition) is 0. The van der Waals surface area contributed by atoms with Crippen molar-refractivity contribution in [3.63, 3.8) is 0 Å². The van der Waals surface area contributed by atoms with E-state index in [1.807, 2.05) is 0 Å². The second-order valence-corrected chi connectivity index (χ2v) is 12.9. The van der Waals surface area contributed by atoms with Crippen molar-refractivity contribution in [2.24, 2.45) is 29.6 Å². The largest absolute Gasteiger partial charge is 0.488 e. The van der Waals surface area contributed by atoms with E-state index < -0.39 is 5.97 Å².